The van der Waals surface area contributed by atoms with Gasteiger partial charge in [0.25, 0.3) is 0 Å². The Hall–Kier alpha value is -3.19. The molecule has 26 heavy (non-hydrogen) atoms. The summed E-state index contributed by atoms with van der Waals surface area (Å²) in [5.74, 6) is 1.42. The maximum Gasteiger partial charge on any atom is 0.404 e. The smallest absolute Gasteiger partial charge is 0.404 e. The lowest BCUT2D eigenvalue weighted by molar-refractivity contribution is 0.174. The van der Waals surface area contributed by atoms with Crippen molar-refractivity contribution in [2.75, 3.05) is 6.79 Å². The van der Waals surface area contributed by atoms with E-state index in [4.69, 9.17) is 26.2 Å². The second-order valence-corrected chi connectivity index (χ2v) is 6.06. The third-order valence-corrected chi connectivity index (χ3v) is 4.35. The summed E-state index contributed by atoms with van der Waals surface area (Å²) in [5, 5.41) is 16.1. The van der Waals surface area contributed by atoms with Crippen LogP contribution in [0.3, 0.4) is 0 Å². The summed E-state index contributed by atoms with van der Waals surface area (Å²) in [6.45, 7) is 0.351. The normalized spacial score (nSPS) is 12.2. The number of rotatable bonds is 4. The molecule has 0 atom stereocenters. The summed E-state index contributed by atoms with van der Waals surface area (Å²) in [7, 11) is 0. The topological polar surface area (TPSA) is 85.6 Å². The molecule has 2 aromatic carbocycles. The van der Waals surface area contributed by atoms with Gasteiger partial charge in [-0.2, -0.15) is 5.10 Å². The minimum Gasteiger partial charge on any atom is -0.465 e. The highest BCUT2D eigenvalue weighted by Gasteiger charge is 2.15. The van der Waals surface area contributed by atoms with Gasteiger partial charge in [-0.25, -0.2) is 9.48 Å². The van der Waals surface area contributed by atoms with Crippen molar-refractivity contribution in [1.29, 1.82) is 0 Å². The average Bonchev–Trinajstić information content (AvgIpc) is 3.29. The van der Waals surface area contributed by atoms with E-state index in [1.54, 1.807) is 16.8 Å². The predicted octanol–water partition coefficient (Wildman–Crippen LogP) is 3.69. The molecule has 0 saturated heterocycles. The molecule has 8 heteroatoms. The van der Waals surface area contributed by atoms with Crippen LogP contribution in [-0.4, -0.2) is 27.8 Å². The lowest BCUT2D eigenvalue weighted by atomic mass is 10.1. The average molecular weight is 372 g/mol. The first-order valence-electron chi connectivity index (χ1n) is 7.81. The summed E-state index contributed by atoms with van der Waals surface area (Å²) in [6, 6.07) is 12.9. The van der Waals surface area contributed by atoms with Gasteiger partial charge in [-0.15, -0.1) is 0 Å². The molecule has 0 radical (unpaired) electrons. The minimum absolute atomic E-state index is 0.123. The molecule has 7 nitrogen and oxygen atoms in total. The molecule has 0 saturated carbocycles. The monoisotopic (exact) mass is 371 g/mol. The van der Waals surface area contributed by atoms with Crippen molar-refractivity contribution in [1.82, 2.24) is 15.1 Å². The van der Waals surface area contributed by atoms with Crippen molar-refractivity contribution in [2.45, 2.75) is 6.54 Å². The number of ether oxygens (including phenoxy) is 2. The quantitative estimate of drug-likeness (QED) is 0.730. The van der Waals surface area contributed by atoms with Crippen LogP contribution in [0.2, 0.25) is 5.02 Å². The Labute approximate surface area is 153 Å². The van der Waals surface area contributed by atoms with Gasteiger partial charge < -0.3 is 19.9 Å². The second kappa shape index (κ2) is 6.61. The summed E-state index contributed by atoms with van der Waals surface area (Å²) in [5.41, 5.74) is 3.15. The van der Waals surface area contributed by atoms with Gasteiger partial charge in [-0.3, -0.25) is 0 Å². The zero-order chi connectivity index (χ0) is 18.1. The highest BCUT2D eigenvalue weighted by atomic mass is 35.5. The molecule has 0 unspecified atom stereocenters. The molecule has 0 fully saturated rings. The van der Waals surface area contributed by atoms with Gasteiger partial charge >= 0.3 is 6.09 Å². The van der Waals surface area contributed by atoms with Crippen LogP contribution in [0.5, 0.6) is 11.5 Å². The molecule has 2 heterocycles. The van der Waals surface area contributed by atoms with E-state index in [-0.39, 0.29) is 13.3 Å². The molecule has 0 spiro atoms. The maximum atomic E-state index is 10.7. The van der Waals surface area contributed by atoms with E-state index in [0.717, 1.165) is 22.7 Å². The Bertz CT molecular complexity index is 986. The van der Waals surface area contributed by atoms with Gasteiger partial charge in [-0.1, -0.05) is 11.6 Å². The van der Waals surface area contributed by atoms with E-state index in [1.807, 2.05) is 36.5 Å². The molecule has 0 bridgehead atoms. The highest BCUT2D eigenvalue weighted by molar-refractivity contribution is 6.31. The van der Waals surface area contributed by atoms with E-state index in [1.165, 1.54) is 0 Å². The van der Waals surface area contributed by atoms with Crippen LogP contribution in [0.15, 0.2) is 48.7 Å². The zero-order valence-electron chi connectivity index (χ0n) is 13.5. The predicted molar refractivity (Wildman–Crippen MR) is 95.0 cm³/mol. The largest absolute Gasteiger partial charge is 0.465 e. The lowest BCUT2D eigenvalue weighted by Crippen LogP contribution is -2.20. The van der Waals surface area contributed by atoms with Crippen molar-refractivity contribution in [3.8, 4) is 28.4 Å². The van der Waals surface area contributed by atoms with Crippen LogP contribution >= 0.6 is 11.6 Å². The van der Waals surface area contributed by atoms with Gasteiger partial charge in [-0.05, 0) is 48.0 Å². The summed E-state index contributed by atoms with van der Waals surface area (Å²) in [6.07, 6.45) is 0.730. The van der Waals surface area contributed by atoms with Gasteiger partial charge in [0.1, 0.15) is 0 Å². The first kappa shape index (κ1) is 16.3. The molecule has 1 amide bonds. The van der Waals surface area contributed by atoms with Gasteiger partial charge in [0, 0.05) is 23.3 Å². The van der Waals surface area contributed by atoms with Crippen LogP contribution in [0.25, 0.3) is 16.9 Å². The Morgan fingerprint density at radius 1 is 1.19 bits per heavy atom. The van der Waals surface area contributed by atoms with Crippen LogP contribution in [-0.2, 0) is 6.54 Å². The number of hydrogen-bond donors (Lipinski definition) is 2. The number of nitrogens with one attached hydrogen (secondary N) is 1. The molecule has 1 aliphatic rings. The summed E-state index contributed by atoms with van der Waals surface area (Å²) in [4.78, 5) is 10.7. The molecular weight excluding hydrogens is 358 g/mol. The molecular formula is C18H14ClN3O4. The Balaban J connectivity index is 1.62. The third-order valence-electron chi connectivity index (χ3n) is 3.98. The fraction of sp³-hybridized carbons (Fsp3) is 0.111. The number of carboxylic acid groups (broad SMARTS) is 1. The van der Waals surface area contributed by atoms with Crippen molar-refractivity contribution in [3.63, 3.8) is 0 Å². The molecule has 1 aliphatic heterocycles. The van der Waals surface area contributed by atoms with Crippen molar-refractivity contribution in [2.24, 2.45) is 0 Å². The Kier molecular flexibility index (Phi) is 4.14. The number of fused-ring (bicyclic) bond motifs is 1. The fourth-order valence-electron chi connectivity index (χ4n) is 2.69. The Morgan fingerprint density at radius 3 is 2.88 bits per heavy atom. The number of nitrogens with zero attached hydrogens (tertiary/aromatic N) is 2. The third kappa shape index (κ3) is 3.16. The van der Waals surface area contributed by atoms with Crippen LogP contribution in [0, 0.1) is 0 Å². The molecule has 132 valence electrons. The van der Waals surface area contributed by atoms with E-state index in [9.17, 15) is 4.79 Å². The van der Waals surface area contributed by atoms with Crippen LogP contribution < -0.4 is 14.8 Å². The molecule has 3 aromatic rings. The van der Waals surface area contributed by atoms with Gasteiger partial charge in [0.15, 0.2) is 11.5 Å². The first-order chi connectivity index (χ1) is 12.6. The maximum absolute atomic E-state index is 10.7. The van der Waals surface area contributed by atoms with E-state index in [0.29, 0.717) is 16.3 Å². The highest BCUT2D eigenvalue weighted by Crippen LogP contribution is 2.35. The number of hydrogen-bond acceptors (Lipinski definition) is 4. The van der Waals surface area contributed by atoms with E-state index in [2.05, 4.69) is 10.4 Å². The van der Waals surface area contributed by atoms with Crippen molar-refractivity contribution in [3.05, 3.63) is 59.2 Å². The molecule has 1 aromatic heterocycles. The van der Waals surface area contributed by atoms with Crippen LogP contribution in [0.1, 0.15) is 5.56 Å². The van der Waals surface area contributed by atoms with E-state index >= 15 is 0 Å². The lowest BCUT2D eigenvalue weighted by Gasteiger charge is -2.08. The second-order valence-electron chi connectivity index (χ2n) is 5.65. The fourth-order valence-corrected chi connectivity index (χ4v) is 2.87. The minimum atomic E-state index is -1.10. The van der Waals surface area contributed by atoms with Crippen molar-refractivity contribution >= 4 is 17.7 Å². The van der Waals surface area contributed by atoms with Crippen LogP contribution in [0.4, 0.5) is 4.79 Å². The standard InChI is InChI=1S/C18H14ClN3O4/c19-14-3-2-13(7-12(14)9-20-18(23)24)22-6-5-15(21-22)11-1-4-16-17(8-11)26-10-25-16/h1-8,20H,9-10H2,(H,23,24). The zero-order valence-corrected chi connectivity index (χ0v) is 14.2. The summed E-state index contributed by atoms with van der Waals surface area (Å²) >= 11 is 6.13. The summed E-state index contributed by atoms with van der Waals surface area (Å²) < 4.78 is 12.4. The SMILES string of the molecule is O=C(O)NCc1cc(-n2ccc(-c3ccc4c(c3)OCO4)n2)ccc1Cl. The number of amides is 1. The molecule has 0 aliphatic carbocycles. The van der Waals surface area contributed by atoms with Gasteiger partial charge in [0.05, 0.1) is 11.4 Å². The Morgan fingerprint density at radius 2 is 2.04 bits per heavy atom. The van der Waals surface area contributed by atoms with Crippen molar-refractivity contribution < 1.29 is 19.4 Å². The molecule has 4 rings (SSSR count). The first-order valence-corrected chi connectivity index (χ1v) is 8.19. The number of halogens is 1. The molecule has 2 N–H and O–H groups in total. The van der Waals surface area contributed by atoms with E-state index < -0.39 is 6.09 Å². The number of benzene rings is 2. The number of aromatic nitrogens is 2. The number of carbonyl (C=O) groups is 1. The van der Waals surface area contributed by atoms with Gasteiger partial charge in [0.2, 0.25) is 6.79 Å².